The molecule has 140 valence electrons. The van der Waals surface area contributed by atoms with E-state index in [0.717, 1.165) is 18.7 Å². The van der Waals surface area contributed by atoms with Crippen LogP contribution in [0.1, 0.15) is 37.7 Å². The fraction of sp³-hybridized carbons (Fsp3) is 0.526. The predicted octanol–water partition coefficient (Wildman–Crippen LogP) is 2.81. The summed E-state index contributed by atoms with van der Waals surface area (Å²) in [5.74, 6) is 0.244. The van der Waals surface area contributed by atoms with E-state index in [1.54, 1.807) is 16.9 Å². The van der Waals surface area contributed by atoms with Crippen molar-refractivity contribution in [2.45, 2.75) is 39.8 Å². The second kappa shape index (κ2) is 7.85. The Bertz CT molecular complexity index is 760. The fourth-order valence-electron chi connectivity index (χ4n) is 3.21. The van der Waals surface area contributed by atoms with Gasteiger partial charge in [-0.15, -0.1) is 5.10 Å². The summed E-state index contributed by atoms with van der Waals surface area (Å²) in [6.07, 6.45) is 2.73. The topological polar surface area (TPSA) is 54.3 Å². The van der Waals surface area contributed by atoms with E-state index in [1.165, 1.54) is 12.1 Å². The Morgan fingerprint density at radius 2 is 2.15 bits per heavy atom. The van der Waals surface area contributed by atoms with Gasteiger partial charge in [0.2, 0.25) is 0 Å². The van der Waals surface area contributed by atoms with Gasteiger partial charge in [0.1, 0.15) is 5.82 Å². The highest BCUT2D eigenvalue weighted by Crippen LogP contribution is 2.21. The number of nitrogens with zero attached hydrogens (tertiary/aromatic N) is 5. The summed E-state index contributed by atoms with van der Waals surface area (Å²) in [6, 6.07) is 6.59. The average molecular weight is 359 g/mol. The van der Waals surface area contributed by atoms with Crippen molar-refractivity contribution in [3.63, 3.8) is 0 Å². The number of rotatable bonds is 5. The average Bonchev–Trinajstić information content (AvgIpc) is 3.08. The lowest BCUT2D eigenvalue weighted by molar-refractivity contribution is 0.0668. The Morgan fingerprint density at radius 3 is 2.85 bits per heavy atom. The maximum absolute atomic E-state index is 13.5. The number of carbonyl (C=O) groups excluding carboxylic acids is 1. The summed E-state index contributed by atoms with van der Waals surface area (Å²) in [5.41, 5.74) is 1.24. The second-order valence-corrected chi connectivity index (χ2v) is 7.32. The molecule has 1 aromatic carbocycles. The van der Waals surface area contributed by atoms with Crippen LogP contribution in [0.2, 0.25) is 0 Å². The Kier molecular flexibility index (Phi) is 5.54. The van der Waals surface area contributed by atoms with Gasteiger partial charge in [-0.25, -0.2) is 4.39 Å². The summed E-state index contributed by atoms with van der Waals surface area (Å²) >= 11 is 0. The quantitative estimate of drug-likeness (QED) is 0.824. The van der Waals surface area contributed by atoms with Gasteiger partial charge in [-0.2, -0.15) is 0 Å². The minimum absolute atomic E-state index is 0.0142. The second-order valence-electron chi connectivity index (χ2n) is 7.32. The van der Waals surface area contributed by atoms with Crippen molar-refractivity contribution in [2.75, 3.05) is 24.5 Å². The van der Waals surface area contributed by atoms with Gasteiger partial charge >= 0.3 is 0 Å². The lowest BCUT2D eigenvalue weighted by atomic mass is 10.1. The van der Waals surface area contributed by atoms with Crippen molar-refractivity contribution in [3.05, 3.63) is 42.0 Å². The third-order valence-corrected chi connectivity index (χ3v) is 4.76. The van der Waals surface area contributed by atoms with Gasteiger partial charge in [0, 0.05) is 37.9 Å². The van der Waals surface area contributed by atoms with Crippen LogP contribution >= 0.6 is 0 Å². The summed E-state index contributed by atoms with van der Waals surface area (Å²) in [7, 11) is 0. The molecule has 7 heteroatoms. The number of aromatic nitrogens is 3. The van der Waals surface area contributed by atoms with E-state index in [4.69, 9.17) is 0 Å². The summed E-state index contributed by atoms with van der Waals surface area (Å²) in [4.78, 5) is 16.7. The maximum atomic E-state index is 13.5. The van der Waals surface area contributed by atoms with Crippen molar-refractivity contribution in [3.8, 4) is 0 Å². The van der Waals surface area contributed by atoms with E-state index >= 15 is 0 Å². The van der Waals surface area contributed by atoms with Gasteiger partial charge in [0.15, 0.2) is 5.69 Å². The minimum atomic E-state index is -0.244. The molecule has 6 nitrogen and oxygen atoms in total. The predicted molar refractivity (Wildman–Crippen MR) is 98.6 cm³/mol. The molecule has 0 spiro atoms. The van der Waals surface area contributed by atoms with Crippen molar-refractivity contribution in [2.24, 2.45) is 5.92 Å². The molecule has 1 aliphatic rings. The van der Waals surface area contributed by atoms with E-state index in [1.807, 2.05) is 17.9 Å². The van der Waals surface area contributed by atoms with Gasteiger partial charge in [-0.1, -0.05) is 25.1 Å². The summed E-state index contributed by atoms with van der Waals surface area (Å²) in [6.45, 7) is 8.99. The first-order chi connectivity index (χ1) is 12.4. The van der Waals surface area contributed by atoms with Crippen LogP contribution < -0.4 is 4.90 Å². The van der Waals surface area contributed by atoms with Crippen molar-refractivity contribution >= 4 is 11.6 Å². The smallest absolute Gasteiger partial charge is 0.276 e. The zero-order valence-corrected chi connectivity index (χ0v) is 15.6. The standard InChI is InChI=1S/C19H26FN5O/c1-14(2)7-8-24-13-18(21-22-24)19(26)25-10-9-23(12-15(25)3)17-6-4-5-16(20)11-17/h4-6,11,13-15H,7-10,12H2,1-3H3. The zero-order valence-electron chi connectivity index (χ0n) is 15.6. The Hall–Kier alpha value is -2.44. The highest BCUT2D eigenvalue weighted by atomic mass is 19.1. The molecular weight excluding hydrogens is 333 g/mol. The molecule has 2 aromatic rings. The van der Waals surface area contributed by atoms with Crippen LogP contribution in [0.5, 0.6) is 0 Å². The van der Waals surface area contributed by atoms with Crippen LogP contribution in [0, 0.1) is 11.7 Å². The molecule has 1 fully saturated rings. The number of amides is 1. The van der Waals surface area contributed by atoms with Gasteiger partial charge in [-0.05, 0) is 37.5 Å². The number of hydrogen-bond acceptors (Lipinski definition) is 4. The molecule has 2 heterocycles. The van der Waals surface area contributed by atoms with Crippen LogP contribution in [0.15, 0.2) is 30.5 Å². The normalized spacial score (nSPS) is 17.8. The molecular formula is C19H26FN5O. The van der Waals surface area contributed by atoms with E-state index in [2.05, 4.69) is 29.1 Å². The molecule has 3 rings (SSSR count). The van der Waals surface area contributed by atoms with Gasteiger partial charge in [-0.3, -0.25) is 9.48 Å². The number of anilines is 1. The van der Waals surface area contributed by atoms with Gasteiger partial charge in [0.25, 0.3) is 5.91 Å². The number of hydrogen-bond donors (Lipinski definition) is 0. The number of piperazine rings is 1. The molecule has 1 saturated heterocycles. The highest BCUT2D eigenvalue weighted by molar-refractivity contribution is 5.92. The first-order valence-electron chi connectivity index (χ1n) is 9.15. The van der Waals surface area contributed by atoms with E-state index in [0.29, 0.717) is 31.2 Å². The molecule has 0 N–H and O–H groups in total. The molecule has 26 heavy (non-hydrogen) atoms. The molecule has 0 bridgehead atoms. The molecule has 0 radical (unpaired) electrons. The molecule has 1 aromatic heterocycles. The zero-order chi connectivity index (χ0) is 18.7. The highest BCUT2D eigenvalue weighted by Gasteiger charge is 2.29. The van der Waals surface area contributed by atoms with E-state index < -0.39 is 0 Å². The molecule has 0 saturated carbocycles. The first kappa shape index (κ1) is 18.4. The van der Waals surface area contributed by atoms with Crippen molar-refractivity contribution < 1.29 is 9.18 Å². The first-order valence-corrected chi connectivity index (χ1v) is 9.15. The van der Waals surface area contributed by atoms with E-state index in [9.17, 15) is 9.18 Å². The van der Waals surface area contributed by atoms with Crippen LogP contribution in [-0.2, 0) is 6.54 Å². The van der Waals surface area contributed by atoms with E-state index in [-0.39, 0.29) is 17.8 Å². The molecule has 0 aliphatic carbocycles. The fourth-order valence-corrected chi connectivity index (χ4v) is 3.21. The molecule has 1 unspecified atom stereocenters. The monoisotopic (exact) mass is 359 g/mol. The summed E-state index contributed by atoms with van der Waals surface area (Å²) < 4.78 is 15.2. The van der Waals surface area contributed by atoms with Gasteiger partial charge in [0.05, 0.1) is 6.20 Å². The third-order valence-electron chi connectivity index (χ3n) is 4.76. The Morgan fingerprint density at radius 1 is 1.35 bits per heavy atom. The minimum Gasteiger partial charge on any atom is -0.368 e. The lowest BCUT2D eigenvalue weighted by Crippen LogP contribution is -2.54. The Labute approximate surface area is 153 Å². The van der Waals surface area contributed by atoms with Gasteiger partial charge < -0.3 is 9.80 Å². The van der Waals surface area contributed by atoms with Crippen LogP contribution in [-0.4, -0.2) is 51.5 Å². The number of halogens is 1. The Balaban J connectivity index is 1.63. The lowest BCUT2D eigenvalue weighted by Gasteiger charge is -2.40. The summed E-state index contributed by atoms with van der Waals surface area (Å²) in [5, 5.41) is 8.12. The van der Waals surface area contributed by atoms with Crippen LogP contribution in [0.25, 0.3) is 0 Å². The SMILES string of the molecule is CC(C)CCn1cc(C(=O)N2CCN(c3cccc(F)c3)CC2C)nn1. The van der Waals surface area contributed by atoms with Crippen molar-refractivity contribution in [1.82, 2.24) is 19.9 Å². The van der Waals surface area contributed by atoms with Crippen LogP contribution in [0.3, 0.4) is 0 Å². The van der Waals surface area contributed by atoms with Crippen LogP contribution in [0.4, 0.5) is 10.1 Å². The molecule has 1 aliphatic heterocycles. The molecule has 1 amide bonds. The maximum Gasteiger partial charge on any atom is 0.276 e. The number of aryl methyl sites for hydroxylation is 1. The molecule has 1 atom stereocenters. The third kappa shape index (κ3) is 4.20. The largest absolute Gasteiger partial charge is 0.368 e. The number of carbonyl (C=O) groups is 1. The number of benzene rings is 1. The van der Waals surface area contributed by atoms with Crippen molar-refractivity contribution in [1.29, 1.82) is 0 Å².